The van der Waals surface area contributed by atoms with Crippen LogP contribution >= 0.6 is 0 Å². The molecule has 1 heterocycles. The van der Waals surface area contributed by atoms with Crippen LogP contribution in [-0.2, 0) is 13.5 Å². The van der Waals surface area contributed by atoms with Crippen LogP contribution in [0, 0.1) is 5.41 Å². The van der Waals surface area contributed by atoms with Crippen molar-refractivity contribution in [3.05, 3.63) is 18.0 Å². The summed E-state index contributed by atoms with van der Waals surface area (Å²) >= 11 is 0. The van der Waals surface area contributed by atoms with Crippen LogP contribution in [0.1, 0.15) is 38.8 Å². The standard InChI is InChI=1S/C13H23N3/c1-13(2)7-4-12(10-13)14-8-5-11-6-9-16(3)15-11/h6,9,12,14H,4-5,7-8,10H2,1-3H3. The molecule has 0 saturated heterocycles. The highest BCUT2D eigenvalue weighted by Crippen LogP contribution is 2.36. The van der Waals surface area contributed by atoms with Gasteiger partial charge in [-0.1, -0.05) is 13.8 Å². The zero-order valence-electron chi connectivity index (χ0n) is 10.7. The first kappa shape index (κ1) is 11.6. The Balaban J connectivity index is 1.69. The second-order valence-corrected chi connectivity index (χ2v) is 5.79. The van der Waals surface area contributed by atoms with Gasteiger partial charge in [0.05, 0.1) is 5.69 Å². The van der Waals surface area contributed by atoms with Gasteiger partial charge in [-0.05, 0) is 30.7 Å². The van der Waals surface area contributed by atoms with Gasteiger partial charge in [-0.2, -0.15) is 5.10 Å². The van der Waals surface area contributed by atoms with Gasteiger partial charge in [-0.15, -0.1) is 0 Å². The minimum atomic E-state index is 0.544. The lowest BCUT2D eigenvalue weighted by molar-refractivity contribution is 0.365. The fourth-order valence-corrected chi connectivity index (χ4v) is 2.61. The summed E-state index contributed by atoms with van der Waals surface area (Å²) in [5.41, 5.74) is 1.73. The zero-order chi connectivity index (χ0) is 11.6. The smallest absolute Gasteiger partial charge is 0.0637 e. The van der Waals surface area contributed by atoms with Crippen LogP contribution in [0.5, 0.6) is 0 Å². The van der Waals surface area contributed by atoms with Gasteiger partial charge in [0.15, 0.2) is 0 Å². The lowest BCUT2D eigenvalue weighted by Gasteiger charge is -2.17. The number of hydrogen-bond donors (Lipinski definition) is 1. The molecule has 1 aliphatic rings. The van der Waals surface area contributed by atoms with E-state index in [1.54, 1.807) is 0 Å². The van der Waals surface area contributed by atoms with E-state index in [2.05, 4.69) is 30.3 Å². The third-order valence-corrected chi connectivity index (χ3v) is 3.55. The van der Waals surface area contributed by atoms with Gasteiger partial charge >= 0.3 is 0 Å². The molecule has 3 nitrogen and oxygen atoms in total. The molecule has 1 unspecified atom stereocenters. The van der Waals surface area contributed by atoms with E-state index in [-0.39, 0.29) is 0 Å². The van der Waals surface area contributed by atoms with Crippen molar-refractivity contribution in [3.8, 4) is 0 Å². The molecule has 1 saturated carbocycles. The first-order valence-corrected chi connectivity index (χ1v) is 6.27. The lowest BCUT2D eigenvalue weighted by atomic mass is 9.92. The fourth-order valence-electron chi connectivity index (χ4n) is 2.61. The van der Waals surface area contributed by atoms with Crippen LogP contribution in [0.25, 0.3) is 0 Å². The molecule has 16 heavy (non-hydrogen) atoms. The summed E-state index contributed by atoms with van der Waals surface area (Å²) in [5, 5.41) is 8.03. The summed E-state index contributed by atoms with van der Waals surface area (Å²) in [7, 11) is 1.97. The van der Waals surface area contributed by atoms with Gasteiger partial charge in [0.1, 0.15) is 0 Å². The molecule has 2 rings (SSSR count). The van der Waals surface area contributed by atoms with Crippen molar-refractivity contribution in [1.29, 1.82) is 0 Å². The summed E-state index contributed by atoms with van der Waals surface area (Å²) in [6.45, 7) is 5.79. The maximum atomic E-state index is 4.38. The molecule has 0 radical (unpaired) electrons. The van der Waals surface area contributed by atoms with Gasteiger partial charge in [0.25, 0.3) is 0 Å². The molecule has 90 valence electrons. The normalized spacial score (nSPS) is 23.8. The Morgan fingerprint density at radius 3 is 2.94 bits per heavy atom. The minimum absolute atomic E-state index is 0.544. The van der Waals surface area contributed by atoms with E-state index in [1.807, 2.05) is 17.9 Å². The highest BCUT2D eigenvalue weighted by molar-refractivity contribution is 4.99. The summed E-state index contributed by atoms with van der Waals surface area (Å²) in [4.78, 5) is 0. The average molecular weight is 221 g/mol. The monoisotopic (exact) mass is 221 g/mol. The molecular weight excluding hydrogens is 198 g/mol. The molecule has 1 aromatic heterocycles. The maximum Gasteiger partial charge on any atom is 0.0637 e. The summed E-state index contributed by atoms with van der Waals surface area (Å²) in [6.07, 6.45) is 7.05. The van der Waals surface area contributed by atoms with Crippen molar-refractivity contribution < 1.29 is 0 Å². The van der Waals surface area contributed by atoms with Crippen molar-refractivity contribution in [2.24, 2.45) is 12.5 Å². The van der Waals surface area contributed by atoms with Gasteiger partial charge in [0, 0.05) is 32.3 Å². The van der Waals surface area contributed by atoms with Crippen molar-refractivity contribution in [2.75, 3.05) is 6.54 Å². The molecule has 0 spiro atoms. The van der Waals surface area contributed by atoms with Crippen molar-refractivity contribution in [2.45, 2.75) is 45.6 Å². The number of rotatable bonds is 4. The van der Waals surface area contributed by atoms with Gasteiger partial charge in [-0.25, -0.2) is 0 Å². The molecule has 1 atom stereocenters. The lowest BCUT2D eigenvalue weighted by Crippen LogP contribution is -2.29. The van der Waals surface area contributed by atoms with Crippen LogP contribution in [0.4, 0.5) is 0 Å². The molecular formula is C13H23N3. The molecule has 0 amide bonds. The molecule has 0 bridgehead atoms. The van der Waals surface area contributed by atoms with Crippen LogP contribution in [0.2, 0.25) is 0 Å². The van der Waals surface area contributed by atoms with Gasteiger partial charge < -0.3 is 5.32 Å². The van der Waals surface area contributed by atoms with E-state index in [0.29, 0.717) is 5.41 Å². The van der Waals surface area contributed by atoms with Gasteiger partial charge in [0.2, 0.25) is 0 Å². The second-order valence-electron chi connectivity index (χ2n) is 5.79. The number of aromatic nitrogens is 2. The van der Waals surface area contributed by atoms with E-state index in [1.165, 1.54) is 25.0 Å². The van der Waals surface area contributed by atoms with Gasteiger partial charge in [-0.3, -0.25) is 4.68 Å². The Morgan fingerprint density at radius 1 is 1.56 bits per heavy atom. The topological polar surface area (TPSA) is 29.9 Å². The van der Waals surface area contributed by atoms with Crippen molar-refractivity contribution in [1.82, 2.24) is 15.1 Å². The Labute approximate surface area is 98.2 Å². The first-order chi connectivity index (χ1) is 7.55. The van der Waals surface area contributed by atoms with E-state index >= 15 is 0 Å². The minimum Gasteiger partial charge on any atom is -0.314 e. The number of aryl methyl sites for hydroxylation is 1. The average Bonchev–Trinajstić information content (AvgIpc) is 2.73. The quantitative estimate of drug-likeness (QED) is 0.844. The number of nitrogens with one attached hydrogen (secondary N) is 1. The first-order valence-electron chi connectivity index (χ1n) is 6.27. The third-order valence-electron chi connectivity index (χ3n) is 3.55. The predicted octanol–water partition coefficient (Wildman–Crippen LogP) is 2.13. The zero-order valence-corrected chi connectivity index (χ0v) is 10.7. The molecule has 3 heteroatoms. The highest BCUT2D eigenvalue weighted by Gasteiger charge is 2.30. The Kier molecular flexibility index (Phi) is 3.33. The van der Waals surface area contributed by atoms with Crippen LogP contribution < -0.4 is 5.32 Å². The number of nitrogens with zero attached hydrogens (tertiary/aromatic N) is 2. The molecule has 1 fully saturated rings. The van der Waals surface area contributed by atoms with E-state index in [0.717, 1.165) is 19.0 Å². The molecule has 1 aliphatic carbocycles. The fraction of sp³-hybridized carbons (Fsp3) is 0.769. The SMILES string of the molecule is Cn1ccc(CCNC2CCC(C)(C)C2)n1. The molecule has 1 aromatic rings. The highest BCUT2D eigenvalue weighted by atomic mass is 15.2. The second kappa shape index (κ2) is 4.58. The largest absolute Gasteiger partial charge is 0.314 e. The van der Waals surface area contributed by atoms with E-state index in [9.17, 15) is 0 Å². The van der Waals surface area contributed by atoms with Crippen LogP contribution in [0.3, 0.4) is 0 Å². The summed E-state index contributed by atoms with van der Waals surface area (Å²) in [6, 6.07) is 2.82. The Bertz CT molecular complexity index is 341. The van der Waals surface area contributed by atoms with Crippen LogP contribution in [0.15, 0.2) is 12.3 Å². The maximum absolute atomic E-state index is 4.38. The summed E-state index contributed by atoms with van der Waals surface area (Å²) in [5.74, 6) is 0. The number of hydrogen-bond acceptors (Lipinski definition) is 2. The molecule has 1 N–H and O–H groups in total. The van der Waals surface area contributed by atoms with E-state index in [4.69, 9.17) is 0 Å². The Hall–Kier alpha value is -0.830. The molecule has 0 aliphatic heterocycles. The predicted molar refractivity (Wildman–Crippen MR) is 66.3 cm³/mol. The van der Waals surface area contributed by atoms with Crippen molar-refractivity contribution >= 4 is 0 Å². The summed E-state index contributed by atoms with van der Waals surface area (Å²) < 4.78 is 1.87. The van der Waals surface area contributed by atoms with Crippen molar-refractivity contribution in [3.63, 3.8) is 0 Å². The Morgan fingerprint density at radius 2 is 2.38 bits per heavy atom. The van der Waals surface area contributed by atoms with E-state index < -0.39 is 0 Å². The molecule has 0 aromatic carbocycles. The van der Waals surface area contributed by atoms with Crippen LogP contribution in [-0.4, -0.2) is 22.4 Å². The third kappa shape index (κ3) is 3.08.